The molecule has 1 fully saturated rings. The van der Waals surface area contributed by atoms with E-state index in [1.807, 2.05) is 24.3 Å². The fraction of sp³-hybridized carbons (Fsp3) is 0.320. The van der Waals surface area contributed by atoms with E-state index in [1.165, 1.54) is 12.5 Å². The minimum atomic E-state index is -0.138. The van der Waals surface area contributed by atoms with Crippen LogP contribution in [0.25, 0.3) is 22.8 Å². The SMILES string of the molecule is CC(=O)Nc1ccc(-c2oc(-c3ccc(C(C)(C)C)cc3)nc2C(=O)N2CCSC2)cc1. The van der Waals surface area contributed by atoms with Crippen LogP contribution in [0.3, 0.4) is 0 Å². The Balaban J connectivity index is 1.73. The lowest BCUT2D eigenvalue weighted by Crippen LogP contribution is -2.28. The number of carbonyl (C=O) groups excluding carboxylic acids is 2. The van der Waals surface area contributed by atoms with Gasteiger partial charge in [-0.15, -0.1) is 11.8 Å². The topological polar surface area (TPSA) is 75.4 Å². The predicted octanol–water partition coefficient (Wildman–Crippen LogP) is 5.41. The second-order valence-corrected chi connectivity index (χ2v) is 9.96. The van der Waals surface area contributed by atoms with Gasteiger partial charge in [-0.1, -0.05) is 32.9 Å². The summed E-state index contributed by atoms with van der Waals surface area (Å²) in [6.07, 6.45) is 0. The number of nitrogens with zero attached hydrogens (tertiary/aromatic N) is 2. The third-order valence-corrected chi connectivity index (χ3v) is 6.30. The van der Waals surface area contributed by atoms with Crippen LogP contribution in [-0.2, 0) is 10.2 Å². The highest BCUT2D eigenvalue weighted by atomic mass is 32.2. The lowest BCUT2D eigenvalue weighted by atomic mass is 9.87. The molecule has 3 aromatic rings. The molecular formula is C25H27N3O3S. The molecular weight excluding hydrogens is 422 g/mol. The van der Waals surface area contributed by atoms with Crippen molar-refractivity contribution >= 4 is 29.3 Å². The van der Waals surface area contributed by atoms with E-state index < -0.39 is 0 Å². The second kappa shape index (κ2) is 8.82. The summed E-state index contributed by atoms with van der Waals surface area (Å²) < 4.78 is 6.16. The van der Waals surface area contributed by atoms with Crippen LogP contribution in [0.15, 0.2) is 52.9 Å². The first-order valence-corrected chi connectivity index (χ1v) is 11.7. The van der Waals surface area contributed by atoms with Gasteiger partial charge in [0.05, 0.1) is 5.88 Å². The maximum absolute atomic E-state index is 13.2. The number of thioether (sulfide) groups is 1. The Kier molecular flexibility index (Phi) is 6.11. The van der Waals surface area contributed by atoms with Gasteiger partial charge < -0.3 is 14.6 Å². The highest BCUT2D eigenvalue weighted by molar-refractivity contribution is 7.99. The van der Waals surface area contributed by atoms with Crippen LogP contribution in [0.2, 0.25) is 0 Å². The van der Waals surface area contributed by atoms with Crippen molar-refractivity contribution in [1.82, 2.24) is 9.88 Å². The standard InChI is InChI=1S/C25H27N3O3S/c1-16(29)26-20-11-7-17(8-12-20)22-21(24(30)28-13-14-32-15-28)27-23(31-22)18-5-9-19(10-6-18)25(2,3)4/h5-12H,13-15H2,1-4H3,(H,26,29). The molecule has 166 valence electrons. The predicted molar refractivity (Wildman–Crippen MR) is 129 cm³/mol. The number of hydrogen-bond donors (Lipinski definition) is 1. The van der Waals surface area contributed by atoms with Gasteiger partial charge in [-0.3, -0.25) is 9.59 Å². The Bertz CT molecular complexity index is 1120. The molecule has 7 heteroatoms. The molecule has 1 N–H and O–H groups in total. The van der Waals surface area contributed by atoms with E-state index in [0.717, 1.165) is 16.9 Å². The molecule has 32 heavy (non-hydrogen) atoms. The van der Waals surface area contributed by atoms with Gasteiger partial charge in [0.15, 0.2) is 11.5 Å². The molecule has 1 saturated heterocycles. The average molecular weight is 450 g/mol. The van der Waals surface area contributed by atoms with Gasteiger partial charge in [-0.25, -0.2) is 4.98 Å². The van der Waals surface area contributed by atoms with Gasteiger partial charge in [-0.2, -0.15) is 0 Å². The van der Waals surface area contributed by atoms with Crippen molar-refractivity contribution in [2.45, 2.75) is 33.1 Å². The van der Waals surface area contributed by atoms with Gasteiger partial charge in [-0.05, 0) is 47.4 Å². The van der Waals surface area contributed by atoms with Gasteiger partial charge in [0, 0.05) is 36.0 Å². The monoisotopic (exact) mass is 449 g/mol. The number of anilines is 1. The molecule has 6 nitrogen and oxygen atoms in total. The first-order valence-electron chi connectivity index (χ1n) is 10.6. The van der Waals surface area contributed by atoms with E-state index in [4.69, 9.17) is 4.42 Å². The van der Waals surface area contributed by atoms with Gasteiger partial charge in [0.1, 0.15) is 0 Å². The Morgan fingerprint density at radius 1 is 1.03 bits per heavy atom. The quantitative estimate of drug-likeness (QED) is 0.576. The van der Waals surface area contributed by atoms with Crippen LogP contribution in [0.5, 0.6) is 0 Å². The van der Waals surface area contributed by atoms with Crippen molar-refractivity contribution in [3.05, 3.63) is 59.8 Å². The zero-order valence-electron chi connectivity index (χ0n) is 18.8. The molecule has 1 aliphatic heterocycles. The molecule has 0 aliphatic carbocycles. The smallest absolute Gasteiger partial charge is 0.277 e. The third kappa shape index (κ3) is 4.72. The Morgan fingerprint density at radius 3 is 2.25 bits per heavy atom. The summed E-state index contributed by atoms with van der Waals surface area (Å²) in [5, 5.41) is 2.75. The van der Waals surface area contributed by atoms with Crippen molar-refractivity contribution in [3.8, 4) is 22.8 Å². The number of oxazole rings is 1. The number of hydrogen-bond acceptors (Lipinski definition) is 5. The van der Waals surface area contributed by atoms with E-state index in [-0.39, 0.29) is 17.2 Å². The van der Waals surface area contributed by atoms with E-state index in [1.54, 1.807) is 28.8 Å². The lowest BCUT2D eigenvalue weighted by molar-refractivity contribution is -0.114. The maximum Gasteiger partial charge on any atom is 0.277 e. The zero-order chi connectivity index (χ0) is 22.9. The molecule has 2 amide bonds. The molecule has 1 aliphatic rings. The molecule has 1 aromatic heterocycles. The number of amides is 2. The minimum absolute atomic E-state index is 0.0461. The number of aromatic nitrogens is 1. The highest BCUT2D eigenvalue weighted by Gasteiger charge is 2.28. The van der Waals surface area contributed by atoms with Crippen LogP contribution in [0.4, 0.5) is 5.69 Å². The van der Waals surface area contributed by atoms with Gasteiger partial charge >= 0.3 is 0 Å². The Morgan fingerprint density at radius 2 is 1.69 bits per heavy atom. The van der Waals surface area contributed by atoms with E-state index in [2.05, 4.69) is 43.2 Å². The normalized spacial score (nSPS) is 13.9. The van der Waals surface area contributed by atoms with Crippen LogP contribution in [0, 0.1) is 0 Å². The molecule has 0 spiro atoms. The zero-order valence-corrected chi connectivity index (χ0v) is 19.6. The largest absolute Gasteiger partial charge is 0.435 e. The molecule has 0 unspecified atom stereocenters. The Hall–Kier alpha value is -3.06. The number of carbonyl (C=O) groups is 2. The molecule has 0 radical (unpaired) electrons. The van der Waals surface area contributed by atoms with Crippen molar-refractivity contribution in [1.29, 1.82) is 0 Å². The highest BCUT2D eigenvalue weighted by Crippen LogP contribution is 2.33. The van der Waals surface area contributed by atoms with E-state index >= 15 is 0 Å². The molecule has 4 rings (SSSR count). The number of nitrogens with one attached hydrogen (secondary N) is 1. The number of benzene rings is 2. The van der Waals surface area contributed by atoms with Crippen LogP contribution in [0.1, 0.15) is 43.7 Å². The summed E-state index contributed by atoms with van der Waals surface area (Å²) >= 11 is 1.73. The van der Waals surface area contributed by atoms with E-state index in [9.17, 15) is 9.59 Å². The molecule has 2 heterocycles. The fourth-order valence-electron chi connectivity index (χ4n) is 3.53. The third-order valence-electron chi connectivity index (χ3n) is 5.33. The first kappa shape index (κ1) is 22.1. The summed E-state index contributed by atoms with van der Waals surface area (Å²) in [5.74, 6) is 2.17. The maximum atomic E-state index is 13.2. The number of rotatable bonds is 4. The van der Waals surface area contributed by atoms with Crippen LogP contribution in [-0.4, -0.2) is 39.9 Å². The summed E-state index contributed by atoms with van der Waals surface area (Å²) in [6, 6.07) is 15.3. The average Bonchev–Trinajstić information content (AvgIpc) is 3.43. The first-order chi connectivity index (χ1) is 15.2. The molecule has 2 aromatic carbocycles. The summed E-state index contributed by atoms with van der Waals surface area (Å²) in [7, 11) is 0. The van der Waals surface area contributed by atoms with E-state index in [0.29, 0.717) is 35.5 Å². The van der Waals surface area contributed by atoms with Crippen molar-refractivity contribution < 1.29 is 14.0 Å². The second-order valence-electron chi connectivity index (χ2n) is 8.89. The molecule has 0 bridgehead atoms. The minimum Gasteiger partial charge on any atom is -0.435 e. The fourth-order valence-corrected chi connectivity index (χ4v) is 4.47. The van der Waals surface area contributed by atoms with Gasteiger partial charge in [0.25, 0.3) is 5.91 Å². The summed E-state index contributed by atoms with van der Waals surface area (Å²) in [4.78, 5) is 31.0. The van der Waals surface area contributed by atoms with Crippen molar-refractivity contribution in [2.24, 2.45) is 0 Å². The molecule has 0 saturated carbocycles. The van der Waals surface area contributed by atoms with Crippen LogP contribution >= 0.6 is 11.8 Å². The lowest BCUT2D eigenvalue weighted by Gasteiger charge is -2.18. The van der Waals surface area contributed by atoms with Crippen molar-refractivity contribution in [2.75, 3.05) is 23.5 Å². The van der Waals surface area contributed by atoms with Crippen LogP contribution < -0.4 is 5.32 Å². The van der Waals surface area contributed by atoms with Crippen molar-refractivity contribution in [3.63, 3.8) is 0 Å². The summed E-state index contributed by atoms with van der Waals surface area (Å²) in [6.45, 7) is 8.67. The molecule has 0 atom stereocenters. The van der Waals surface area contributed by atoms with Gasteiger partial charge in [0.2, 0.25) is 11.8 Å². The Labute approximate surface area is 192 Å². The summed E-state index contributed by atoms with van der Waals surface area (Å²) in [5.41, 5.74) is 3.82.